The van der Waals surface area contributed by atoms with Crippen molar-refractivity contribution >= 4 is 33.4 Å². The molecule has 0 atom stereocenters. The smallest absolute Gasteiger partial charge is 0.200 e. The first-order valence-corrected chi connectivity index (χ1v) is 9.55. The van der Waals surface area contributed by atoms with Gasteiger partial charge in [0.1, 0.15) is 0 Å². The topological polar surface area (TPSA) is 34.1 Å². The summed E-state index contributed by atoms with van der Waals surface area (Å²) in [5.74, 6) is 0. The molecule has 0 N–H and O–H groups in total. The van der Waals surface area contributed by atoms with Crippen LogP contribution in [0.3, 0.4) is 0 Å². The van der Waals surface area contributed by atoms with E-state index in [0.29, 0.717) is 4.90 Å². The van der Waals surface area contributed by atoms with E-state index in [0.717, 1.165) is 9.79 Å². The van der Waals surface area contributed by atoms with Gasteiger partial charge in [-0.05, 0) is 35.9 Å². The Kier molecular flexibility index (Phi) is 5.34. The quantitative estimate of drug-likeness (QED) is 0.762. The Balaban J connectivity index is 2.14. The van der Waals surface area contributed by atoms with Gasteiger partial charge < -0.3 is 0 Å². The third-order valence-electron chi connectivity index (χ3n) is 2.57. The van der Waals surface area contributed by atoms with Crippen molar-refractivity contribution < 1.29 is 8.42 Å². The van der Waals surface area contributed by atoms with E-state index in [1.165, 1.54) is 17.2 Å². The first-order chi connectivity index (χ1) is 9.63. The van der Waals surface area contributed by atoms with Crippen molar-refractivity contribution in [2.75, 3.05) is 6.26 Å². The van der Waals surface area contributed by atoms with Gasteiger partial charge in [0.25, 0.3) is 0 Å². The molecule has 2 aromatic rings. The third-order valence-corrected chi connectivity index (χ3v) is 5.97. The van der Waals surface area contributed by atoms with Crippen molar-refractivity contribution in [1.29, 1.82) is 0 Å². The number of hydrogen-bond acceptors (Lipinski definition) is 4. The maximum absolute atomic E-state index is 12.1. The zero-order chi connectivity index (χ0) is 14.4. The highest BCUT2D eigenvalue weighted by Gasteiger charge is 2.08. The second kappa shape index (κ2) is 7.02. The minimum Gasteiger partial charge on any atom is -0.219 e. The van der Waals surface area contributed by atoms with Gasteiger partial charge in [-0.15, -0.1) is 11.8 Å². The van der Waals surface area contributed by atoms with Crippen molar-refractivity contribution in [3.63, 3.8) is 0 Å². The zero-order valence-electron chi connectivity index (χ0n) is 10.9. The Hall–Kier alpha value is -1.17. The predicted octanol–water partition coefficient (Wildman–Crippen LogP) is 4.45. The summed E-state index contributed by atoms with van der Waals surface area (Å²) in [7, 11) is -3.36. The van der Waals surface area contributed by atoms with Crippen LogP contribution in [0.4, 0.5) is 0 Å². The van der Waals surface area contributed by atoms with Crippen LogP contribution in [-0.4, -0.2) is 14.7 Å². The maximum atomic E-state index is 12.1. The van der Waals surface area contributed by atoms with Gasteiger partial charge in [-0.3, -0.25) is 0 Å². The normalized spacial score (nSPS) is 11.8. The number of thioether (sulfide) groups is 2. The molecule has 0 unspecified atom stereocenters. The number of rotatable bonds is 5. The summed E-state index contributed by atoms with van der Waals surface area (Å²) in [4.78, 5) is 2.51. The van der Waals surface area contributed by atoms with Gasteiger partial charge in [-0.25, -0.2) is 8.42 Å². The molecule has 0 aliphatic heterocycles. The molecule has 0 bridgehead atoms. The monoisotopic (exact) mass is 322 g/mol. The summed E-state index contributed by atoms with van der Waals surface area (Å²) >= 11 is 3.06. The molecule has 0 saturated carbocycles. The maximum Gasteiger partial charge on any atom is 0.200 e. The lowest BCUT2D eigenvalue weighted by atomic mass is 10.4. The van der Waals surface area contributed by atoms with E-state index in [9.17, 15) is 8.42 Å². The average molecular weight is 322 g/mol. The highest BCUT2D eigenvalue weighted by Crippen LogP contribution is 2.30. The molecule has 104 valence electrons. The van der Waals surface area contributed by atoms with Crippen molar-refractivity contribution in [3.05, 3.63) is 65.4 Å². The van der Waals surface area contributed by atoms with E-state index in [4.69, 9.17) is 0 Å². The Labute approximate surface area is 128 Å². The first-order valence-electron chi connectivity index (χ1n) is 5.90. The molecule has 0 heterocycles. The molecule has 2 aromatic carbocycles. The van der Waals surface area contributed by atoms with Crippen LogP contribution >= 0.6 is 23.5 Å². The number of hydrogen-bond donors (Lipinski definition) is 0. The second-order valence-electron chi connectivity index (χ2n) is 3.90. The third kappa shape index (κ3) is 3.91. The fourth-order valence-corrected chi connectivity index (χ4v) is 4.45. The molecule has 0 aromatic heterocycles. The molecule has 0 radical (unpaired) electrons. The molecule has 0 amide bonds. The zero-order valence-corrected chi connectivity index (χ0v) is 13.3. The molecule has 0 saturated heterocycles. The van der Waals surface area contributed by atoms with Crippen LogP contribution in [0.5, 0.6) is 0 Å². The van der Waals surface area contributed by atoms with E-state index < -0.39 is 9.84 Å². The summed E-state index contributed by atoms with van der Waals surface area (Å²) in [6.07, 6.45) is 2.00. The van der Waals surface area contributed by atoms with E-state index in [1.54, 1.807) is 47.5 Å². The fourth-order valence-electron chi connectivity index (χ4n) is 1.58. The highest BCUT2D eigenvalue weighted by molar-refractivity contribution is 8.04. The van der Waals surface area contributed by atoms with Crippen LogP contribution < -0.4 is 0 Å². The van der Waals surface area contributed by atoms with Gasteiger partial charge in [0.15, 0.2) is 9.84 Å². The largest absolute Gasteiger partial charge is 0.219 e. The van der Waals surface area contributed by atoms with E-state index >= 15 is 0 Å². The Morgan fingerprint density at radius 2 is 1.50 bits per heavy atom. The predicted molar refractivity (Wildman–Crippen MR) is 86.8 cm³/mol. The average Bonchev–Trinajstić information content (AvgIpc) is 2.48. The summed E-state index contributed by atoms with van der Waals surface area (Å²) in [5, 5.41) is 2.88. The van der Waals surface area contributed by atoms with Crippen molar-refractivity contribution in [2.24, 2.45) is 0 Å². The van der Waals surface area contributed by atoms with Gasteiger partial charge in [0.2, 0.25) is 0 Å². The first kappa shape index (κ1) is 15.2. The summed E-state index contributed by atoms with van der Waals surface area (Å²) in [6.45, 7) is 0. The van der Waals surface area contributed by atoms with Crippen molar-refractivity contribution in [1.82, 2.24) is 0 Å². The van der Waals surface area contributed by atoms with Gasteiger partial charge in [-0.1, -0.05) is 42.1 Å². The highest BCUT2D eigenvalue weighted by atomic mass is 32.2. The van der Waals surface area contributed by atoms with Gasteiger partial charge in [0.05, 0.1) is 4.90 Å². The van der Waals surface area contributed by atoms with Crippen molar-refractivity contribution in [3.8, 4) is 0 Å². The molecule has 20 heavy (non-hydrogen) atoms. The van der Waals surface area contributed by atoms with Gasteiger partial charge in [-0.2, -0.15) is 0 Å². The lowest BCUT2D eigenvalue weighted by molar-refractivity contribution is 0.604. The molecule has 5 heteroatoms. The van der Waals surface area contributed by atoms with Crippen LogP contribution in [0, 0.1) is 0 Å². The van der Waals surface area contributed by atoms with Crippen LogP contribution in [-0.2, 0) is 9.84 Å². The minimum atomic E-state index is -3.36. The molecular weight excluding hydrogens is 308 g/mol. The van der Waals surface area contributed by atoms with Crippen LogP contribution in [0.1, 0.15) is 0 Å². The van der Waals surface area contributed by atoms with Crippen LogP contribution in [0.2, 0.25) is 0 Å². The minimum absolute atomic E-state index is 0.315. The van der Waals surface area contributed by atoms with Gasteiger partial charge >= 0.3 is 0 Å². The molecule has 0 fully saturated rings. The fraction of sp³-hybridized carbons (Fsp3) is 0.0667. The number of sulfone groups is 1. The molecule has 0 aliphatic rings. The van der Waals surface area contributed by atoms with E-state index in [-0.39, 0.29) is 0 Å². The lowest BCUT2D eigenvalue weighted by Gasteiger charge is -2.03. The standard InChI is InChI=1S/C15H14O2S3/c1-18-14-9-5-6-10-15(14)19-11-12-20(16,17)13-7-3-2-4-8-13/h2-12H,1H3/b12-11+. The number of benzene rings is 2. The Bertz CT molecular complexity index is 692. The molecule has 0 spiro atoms. The Morgan fingerprint density at radius 1 is 0.900 bits per heavy atom. The van der Waals surface area contributed by atoms with E-state index in [1.807, 2.05) is 30.5 Å². The Morgan fingerprint density at radius 3 is 2.15 bits per heavy atom. The molecule has 0 aliphatic carbocycles. The molecule has 2 nitrogen and oxygen atoms in total. The molecule has 2 rings (SSSR count). The van der Waals surface area contributed by atoms with Gasteiger partial charge in [0, 0.05) is 15.2 Å². The summed E-state index contributed by atoms with van der Waals surface area (Å²) < 4.78 is 24.1. The van der Waals surface area contributed by atoms with Crippen LogP contribution in [0.25, 0.3) is 0 Å². The lowest BCUT2D eigenvalue weighted by Crippen LogP contribution is -1.94. The molecular formula is C15H14O2S3. The van der Waals surface area contributed by atoms with Crippen molar-refractivity contribution in [2.45, 2.75) is 14.7 Å². The second-order valence-corrected chi connectivity index (χ2v) is 7.53. The summed E-state index contributed by atoms with van der Waals surface area (Å²) in [6, 6.07) is 16.4. The summed E-state index contributed by atoms with van der Waals surface area (Å²) in [5.41, 5.74) is 0. The van der Waals surface area contributed by atoms with Crippen LogP contribution in [0.15, 0.2) is 80.1 Å². The van der Waals surface area contributed by atoms with E-state index in [2.05, 4.69) is 0 Å². The SMILES string of the molecule is CSc1ccccc1S/C=C/S(=O)(=O)c1ccccc1.